The molecule has 3 N–H and O–H groups in total. The van der Waals surface area contributed by atoms with E-state index in [0.717, 1.165) is 18.4 Å². The number of aromatic amines is 1. The lowest BCUT2D eigenvalue weighted by Crippen LogP contribution is -2.33. The lowest BCUT2D eigenvalue weighted by atomic mass is 9.76. The fraction of sp³-hybridized carbons (Fsp3) is 0.333. The molecule has 5 rings (SSSR count). The van der Waals surface area contributed by atoms with Crippen LogP contribution in [0.15, 0.2) is 93.9 Å². The summed E-state index contributed by atoms with van der Waals surface area (Å²) in [7, 11) is 1.57. The van der Waals surface area contributed by atoms with Gasteiger partial charge in [0, 0.05) is 22.0 Å². The SMILES string of the molecule is CCC(Oc1ccc(C(C)(C)CC)cc1C(C)(C)CC)C(=O)Nc1ccc(Nc2[nH]n(-c3c(Cl)cc(Cl)cc3Cl)c(=O)c2N=Nc2ccc(OC)cc2)cc1. The molecule has 290 valence electrons. The van der Waals surface area contributed by atoms with Crippen LogP contribution in [0, 0.1) is 0 Å². The van der Waals surface area contributed by atoms with Gasteiger partial charge in [-0.25, -0.2) is 4.68 Å². The maximum Gasteiger partial charge on any atom is 0.301 e. The second-order valence-corrected chi connectivity index (χ2v) is 15.7. The van der Waals surface area contributed by atoms with Crippen LogP contribution in [-0.4, -0.2) is 28.9 Å². The number of nitrogens with one attached hydrogen (secondary N) is 3. The fourth-order valence-electron chi connectivity index (χ4n) is 5.73. The molecule has 1 atom stereocenters. The van der Waals surface area contributed by atoms with E-state index in [2.05, 4.69) is 79.6 Å². The van der Waals surface area contributed by atoms with Crippen molar-refractivity contribution in [3.05, 3.63) is 115 Å². The molecular weight excluding hydrogens is 759 g/mol. The molecule has 55 heavy (non-hydrogen) atoms. The lowest BCUT2D eigenvalue weighted by molar-refractivity contribution is -0.122. The molecule has 1 heterocycles. The first-order valence-corrected chi connectivity index (χ1v) is 19.3. The van der Waals surface area contributed by atoms with E-state index in [1.54, 1.807) is 55.6 Å². The Morgan fingerprint density at radius 2 is 1.45 bits per heavy atom. The van der Waals surface area contributed by atoms with Gasteiger partial charge in [-0.05, 0) is 102 Å². The molecule has 4 aromatic carbocycles. The number of hydrogen-bond donors (Lipinski definition) is 3. The molecule has 1 unspecified atom stereocenters. The van der Waals surface area contributed by atoms with Crippen LogP contribution < -0.4 is 25.7 Å². The van der Waals surface area contributed by atoms with Crippen molar-refractivity contribution in [3.63, 3.8) is 0 Å². The zero-order valence-corrected chi connectivity index (χ0v) is 34.6. The van der Waals surface area contributed by atoms with Crippen LogP contribution in [0.3, 0.4) is 0 Å². The van der Waals surface area contributed by atoms with Gasteiger partial charge in [-0.3, -0.25) is 14.7 Å². The maximum absolute atomic E-state index is 13.8. The highest BCUT2D eigenvalue weighted by Gasteiger charge is 2.29. The summed E-state index contributed by atoms with van der Waals surface area (Å²) in [5, 5.41) is 18.4. The van der Waals surface area contributed by atoms with Crippen LogP contribution in [0.25, 0.3) is 5.69 Å². The molecule has 1 amide bonds. The molecule has 10 nitrogen and oxygen atoms in total. The summed E-state index contributed by atoms with van der Waals surface area (Å²) >= 11 is 19.1. The van der Waals surface area contributed by atoms with E-state index in [4.69, 9.17) is 44.3 Å². The molecule has 13 heteroatoms. The summed E-state index contributed by atoms with van der Waals surface area (Å²) < 4.78 is 12.9. The van der Waals surface area contributed by atoms with Crippen molar-refractivity contribution in [2.75, 3.05) is 17.7 Å². The van der Waals surface area contributed by atoms with Crippen molar-refractivity contribution < 1.29 is 14.3 Å². The van der Waals surface area contributed by atoms with Gasteiger partial charge in [-0.1, -0.05) is 95.4 Å². The number of ether oxygens (including phenoxy) is 2. The molecule has 0 saturated carbocycles. The molecule has 0 bridgehead atoms. The second-order valence-electron chi connectivity index (χ2n) is 14.5. The van der Waals surface area contributed by atoms with Crippen LogP contribution >= 0.6 is 34.8 Å². The van der Waals surface area contributed by atoms with E-state index in [-0.39, 0.29) is 44.0 Å². The Morgan fingerprint density at radius 1 is 0.836 bits per heavy atom. The number of aromatic nitrogens is 2. The van der Waals surface area contributed by atoms with Gasteiger partial charge in [-0.2, -0.15) is 5.11 Å². The van der Waals surface area contributed by atoms with Crippen molar-refractivity contribution >= 4 is 69.3 Å². The standard InChI is InChI=1S/C42H47Cl3N6O4/c1-9-34(55-35-21-12-25(41(4,5)10-2)22-31(35)42(6,7)11-3)39(52)47-28-15-13-27(14-16-28)46-38-36(49-48-29-17-19-30(54-8)20-18-29)40(53)51(50-38)37-32(44)23-26(43)24-33(37)45/h12-24,34,46,50H,9-11H2,1-8H3,(H,47,52). The Balaban J connectivity index is 1.39. The van der Waals surface area contributed by atoms with E-state index in [1.807, 2.05) is 13.0 Å². The number of hydrogen-bond acceptors (Lipinski definition) is 7. The fourth-order valence-corrected chi connectivity index (χ4v) is 6.71. The molecular formula is C42H47Cl3N6O4. The number of halogens is 3. The van der Waals surface area contributed by atoms with E-state index in [0.29, 0.717) is 40.0 Å². The van der Waals surface area contributed by atoms with E-state index in [1.165, 1.54) is 22.4 Å². The van der Waals surface area contributed by atoms with Gasteiger partial charge in [-0.15, -0.1) is 5.11 Å². The molecule has 0 fully saturated rings. The van der Waals surface area contributed by atoms with Gasteiger partial charge in [0.05, 0.1) is 22.8 Å². The third kappa shape index (κ3) is 9.55. The van der Waals surface area contributed by atoms with E-state index >= 15 is 0 Å². The average molecular weight is 806 g/mol. The summed E-state index contributed by atoms with van der Waals surface area (Å²) in [6.07, 6.45) is 1.67. The molecule has 5 aromatic rings. The summed E-state index contributed by atoms with van der Waals surface area (Å²) in [6, 6.07) is 23.2. The zero-order valence-electron chi connectivity index (χ0n) is 32.3. The van der Waals surface area contributed by atoms with Crippen LogP contribution in [0.2, 0.25) is 15.1 Å². The first kappa shape index (κ1) is 41.4. The number of carbonyl (C=O) groups is 1. The molecule has 0 aliphatic carbocycles. The van der Waals surface area contributed by atoms with Crippen LogP contribution in [0.5, 0.6) is 11.5 Å². The van der Waals surface area contributed by atoms with Crippen molar-refractivity contribution in [3.8, 4) is 17.2 Å². The minimum Gasteiger partial charge on any atom is -0.497 e. The molecule has 0 aliphatic rings. The average Bonchev–Trinajstić information content (AvgIpc) is 3.46. The van der Waals surface area contributed by atoms with E-state index in [9.17, 15) is 9.59 Å². The summed E-state index contributed by atoms with van der Waals surface area (Å²) in [5.74, 6) is 1.33. The number of anilines is 3. The van der Waals surface area contributed by atoms with Crippen LogP contribution in [0.4, 0.5) is 28.6 Å². The topological polar surface area (TPSA) is 122 Å². The number of azo groups is 1. The summed E-state index contributed by atoms with van der Waals surface area (Å²) in [5.41, 5.74) is 3.46. The smallest absolute Gasteiger partial charge is 0.301 e. The Kier molecular flexibility index (Phi) is 13.1. The summed E-state index contributed by atoms with van der Waals surface area (Å²) in [4.78, 5) is 27.4. The number of methoxy groups -OCH3 is 1. The molecule has 0 spiro atoms. The summed E-state index contributed by atoms with van der Waals surface area (Å²) in [6.45, 7) is 15.2. The Hall–Kier alpha value is -4.77. The lowest BCUT2D eigenvalue weighted by Gasteiger charge is -2.31. The maximum atomic E-state index is 13.8. The number of amides is 1. The highest BCUT2D eigenvalue weighted by Crippen LogP contribution is 2.39. The molecule has 1 aromatic heterocycles. The van der Waals surface area contributed by atoms with Crippen LogP contribution in [-0.2, 0) is 15.6 Å². The monoisotopic (exact) mass is 804 g/mol. The number of nitrogens with zero attached hydrogens (tertiary/aromatic N) is 3. The number of benzene rings is 4. The molecule has 0 radical (unpaired) electrons. The van der Waals surface area contributed by atoms with Crippen molar-refractivity contribution in [1.82, 2.24) is 9.78 Å². The highest BCUT2D eigenvalue weighted by molar-refractivity contribution is 6.40. The van der Waals surface area contributed by atoms with Crippen molar-refractivity contribution in [2.45, 2.75) is 84.7 Å². The predicted molar refractivity (Wildman–Crippen MR) is 225 cm³/mol. The van der Waals surface area contributed by atoms with Gasteiger partial charge in [0.25, 0.3) is 5.91 Å². The van der Waals surface area contributed by atoms with Crippen molar-refractivity contribution in [2.24, 2.45) is 10.2 Å². The molecule has 0 saturated heterocycles. The normalized spacial score (nSPS) is 12.5. The predicted octanol–water partition coefficient (Wildman–Crippen LogP) is 12.5. The van der Waals surface area contributed by atoms with Gasteiger partial charge >= 0.3 is 5.56 Å². The first-order valence-electron chi connectivity index (χ1n) is 18.2. The minimum atomic E-state index is -0.718. The third-order valence-corrected chi connectivity index (χ3v) is 10.8. The Labute approximate surface area is 337 Å². The third-order valence-electron chi connectivity index (χ3n) is 10.0. The van der Waals surface area contributed by atoms with Crippen LogP contribution in [0.1, 0.15) is 78.9 Å². The Bertz CT molecular complexity index is 2200. The minimum absolute atomic E-state index is 0.0139. The first-order chi connectivity index (χ1) is 26.1. The van der Waals surface area contributed by atoms with Gasteiger partial charge in [0.2, 0.25) is 0 Å². The van der Waals surface area contributed by atoms with Gasteiger partial charge in [0.1, 0.15) is 17.2 Å². The largest absolute Gasteiger partial charge is 0.497 e. The second kappa shape index (κ2) is 17.4. The van der Waals surface area contributed by atoms with Gasteiger partial charge < -0.3 is 20.1 Å². The number of H-pyrrole nitrogens is 1. The highest BCUT2D eigenvalue weighted by atomic mass is 35.5. The zero-order chi connectivity index (χ0) is 40.1. The Morgan fingerprint density at radius 3 is 2.04 bits per heavy atom. The molecule has 0 aliphatic heterocycles. The van der Waals surface area contributed by atoms with Gasteiger partial charge in [0.15, 0.2) is 17.6 Å². The number of rotatable bonds is 15. The quantitative estimate of drug-likeness (QED) is 0.0910. The number of carbonyl (C=O) groups excluding carboxylic acids is 1. The van der Waals surface area contributed by atoms with Crippen molar-refractivity contribution in [1.29, 1.82) is 0 Å². The van der Waals surface area contributed by atoms with E-state index < -0.39 is 11.7 Å².